The van der Waals surface area contributed by atoms with E-state index in [1.807, 2.05) is 0 Å². The zero-order valence-electron chi connectivity index (χ0n) is 4.57. The molecule has 0 aromatic carbocycles. The summed E-state index contributed by atoms with van der Waals surface area (Å²) in [5, 5.41) is 0. The Labute approximate surface area is 52.5 Å². The van der Waals surface area contributed by atoms with Crippen molar-refractivity contribution >= 4 is 0 Å². The van der Waals surface area contributed by atoms with Gasteiger partial charge in [0.1, 0.15) is 0 Å². The highest BCUT2D eigenvalue weighted by Crippen LogP contribution is 1.87. The zero-order chi connectivity index (χ0) is 7.72. The van der Waals surface area contributed by atoms with Crippen molar-refractivity contribution in [2.24, 2.45) is 0 Å². The van der Waals surface area contributed by atoms with Gasteiger partial charge in [-0.3, -0.25) is 14.8 Å². The number of aromatic amines is 2. The smallest absolute Gasteiger partial charge is 0.281 e. The molecular formula is C4H2F2N2O2. The lowest BCUT2D eigenvalue weighted by molar-refractivity contribution is 0.460. The minimum absolute atomic E-state index is 1.07. The summed E-state index contributed by atoms with van der Waals surface area (Å²) in [4.78, 5) is 23.2. The molecule has 0 saturated heterocycles. The lowest BCUT2D eigenvalue weighted by Crippen LogP contribution is -2.26. The number of hydrogen-bond donors (Lipinski definition) is 2. The van der Waals surface area contributed by atoms with Crippen molar-refractivity contribution in [3.63, 3.8) is 0 Å². The molecule has 1 aromatic rings. The quantitative estimate of drug-likeness (QED) is 0.479. The average Bonchev–Trinajstić information content (AvgIpc) is 1.82. The Balaban J connectivity index is 3.62. The van der Waals surface area contributed by atoms with Gasteiger partial charge in [0.25, 0.3) is 5.56 Å². The molecular weight excluding hydrogens is 146 g/mol. The van der Waals surface area contributed by atoms with Crippen LogP contribution in [0.1, 0.15) is 0 Å². The summed E-state index contributed by atoms with van der Waals surface area (Å²) in [6.45, 7) is 0. The minimum atomic E-state index is -1.61. The van der Waals surface area contributed by atoms with E-state index in [4.69, 9.17) is 0 Å². The molecule has 1 rings (SSSR count). The summed E-state index contributed by atoms with van der Waals surface area (Å²) >= 11 is 0. The number of rotatable bonds is 0. The topological polar surface area (TPSA) is 65.7 Å². The van der Waals surface area contributed by atoms with Crippen LogP contribution in [0, 0.1) is 11.8 Å². The molecule has 10 heavy (non-hydrogen) atoms. The summed E-state index contributed by atoms with van der Waals surface area (Å²) in [6, 6.07) is 0. The van der Waals surface area contributed by atoms with E-state index in [-0.39, 0.29) is 0 Å². The number of hydrogen-bond acceptors (Lipinski definition) is 2. The fourth-order valence-electron chi connectivity index (χ4n) is 0.443. The highest BCUT2D eigenvalue weighted by Gasteiger charge is 2.05. The lowest BCUT2D eigenvalue weighted by Gasteiger charge is -1.86. The Hall–Kier alpha value is -1.46. The maximum atomic E-state index is 12.0. The largest absolute Gasteiger partial charge is 0.328 e. The van der Waals surface area contributed by atoms with Crippen LogP contribution in [0.2, 0.25) is 0 Å². The van der Waals surface area contributed by atoms with Gasteiger partial charge in [0.15, 0.2) is 0 Å². The standard InChI is InChI=1S/C4H2F2N2O2/c5-1-2(6)7-4(10)8-3(1)9/h(H2,7,8,9,10). The van der Waals surface area contributed by atoms with E-state index in [2.05, 4.69) is 0 Å². The van der Waals surface area contributed by atoms with E-state index in [1.54, 1.807) is 0 Å². The molecule has 0 spiro atoms. The van der Waals surface area contributed by atoms with Crippen molar-refractivity contribution in [1.29, 1.82) is 0 Å². The van der Waals surface area contributed by atoms with E-state index in [0.29, 0.717) is 0 Å². The summed E-state index contributed by atoms with van der Waals surface area (Å²) < 4.78 is 24.0. The first kappa shape index (κ1) is 6.66. The van der Waals surface area contributed by atoms with Gasteiger partial charge >= 0.3 is 5.69 Å². The van der Waals surface area contributed by atoms with Gasteiger partial charge in [-0.2, -0.15) is 8.78 Å². The predicted octanol–water partition coefficient (Wildman–Crippen LogP) is -0.659. The van der Waals surface area contributed by atoms with Crippen LogP contribution in [-0.4, -0.2) is 9.97 Å². The maximum Gasteiger partial charge on any atom is 0.328 e. The second-order valence-corrected chi connectivity index (χ2v) is 1.54. The van der Waals surface area contributed by atoms with E-state index < -0.39 is 23.0 Å². The van der Waals surface area contributed by atoms with Crippen molar-refractivity contribution in [3.8, 4) is 0 Å². The molecule has 0 aliphatic rings. The third-order valence-electron chi connectivity index (χ3n) is 0.842. The van der Waals surface area contributed by atoms with Crippen LogP contribution in [0.15, 0.2) is 9.59 Å². The number of H-pyrrole nitrogens is 2. The molecule has 0 radical (unpaired) electrons. The minimum Gasteiger partial charge on any atom is -0.281 e. The normalized spacial score (nSPS) is 9.80. The SMILES string of the molecule is O=c1[nH]c(F)c(F)c(=O)[nH]1. The maximum absolute atomic E-state index is 12.0. The van der Waals surface area contributed by atoms with Crippen LogP contribution in [0.25, 0.3) is 0 Å². The van der Waals surface area contributed by atoms with Crippen molar-refractivity contribution in [3.05, 3.63) is 32.6 Å². The summed E-state index contributed by atoms with van der Waals surface area (Å²) in [5.41, 5.74) is -2.43. The Morgan fingerprint density at radius 2 is 1.70 bits per heavy atom. The molecule has 0 atom stereocenters. The number of nitrogens with one attached hydrogen (secondary N) is 2. The van der Waals surface area contributed by atoms with Crippen LogP contribution in [-0.2, 0) is 0 Å². The molecule has 0 bridgehead atoms. The monoisotopic (exact) mass is 148 g/mol. The molecule has 2 N–H and O–H groups in total. The van der Waals surface area contributed by atoms with Gasteiger partial charge in [-0.15, -0.1) is 0 Å². The first-order valence-corrected chi connectivity index (χ1v) is 2.29. The predicted molar refractivity (Wildman–Crippen MR) is 27.6 cm³/mol. The van der Waals surface area contributed by atoms with E-state index in [0.717, 1.165) is 0 Å². The Morgan fingerprint density at radius 3 is 2.20 bits per heavy atom. The van der Waals surface area contributed by atoms with Crippen LogP contribution in [0.5, 0.6) is 0 Å². The van der Waals surface area contributed by atoms with Crippen LogP contribution in [0.3, 0.4) is 0 Å². The Bertz CT molecular complexity index is 353. The van der Waals surface area contributed by atoms with Gasteiger partial charge in [-0.1, -0.05) is 0 Å². The second kappa shape index (κ2) is 2.05. The Morgan fingerprint density at radius 1 is 1.10 bits per heavy atom. The number of halogens is 2. The van der Waals surface area contributed by atoms with Gasteiger partial charge in [0, 0.05) is 0 Å². The molecule has 0 saturated carbocycles. The van der Waals surface area contributed by atoms with Crippen LogP contribution in [0.4, 0.5) is 8.78 Å². The highest BCUT2D eigenvalue weighted by molar-refractivity contribution is 4.86. The zero-order valence-corrected chi connectivity index (χ0v) is 4.57. The van der Waals surface area contributed by atoms with Crippen molar-refractivity contribution in [2.45, 2.75) is 0 Å². The van der Waals surface area contributed by atoms with Crippen LogP contribution >= 0.6 is 0 Å². The fraction of sp³-hybridized carbons (Fsp3) is 0. The molecule has 0 fully saturated rings. The van der Waals surface area contributed by atoms with Gasteiger partial charge in [0.05, 0.1) is 0 Å². The van der Waals surface area contributed by atoms with Crippen molar-refractivity contribution < 1.29 is 8.78 Å². The molecule has 0 unspecified atom stereocenters. The molecule has 54 valence electrons. The third-order valence-corrected chi connectivity index (χ3v) is 0.842. The van der Waals surface area contributed by atoms with E-state index >= 15 is 0 Å². The second-order valence-electron chi connectivity index (χ2n) is 1.54. The lowest BCUT2D eigenvalue weighted by atomic mass is 10.6. The molecule has 4 nitrogen and oxygen atoms in total. The van der Waals surface area contributed by atoms with Crippen LogP contribution < -0.4 is 11.2 Å². The van der Waals surface area contributed by atoms with Crippen molar-refractivity contribution in [2.75, 3.05) is 0 Å². The molecule has 0 amide bonds. The molecule has 6 heteroatoms. The molecule has 1 heterocycles. The fourth-order valence-corrected chi connectivity index (χ4v) is 0.443. The molecule has 0 aliphatic heterocycles. The molecule has 1 aromatic heterocycles. The highest BCUT2D eigenvalue weighted by atomic mass is 19.2. The Kier molecular flexibility index (Phi) is 1.37. The van der Waals surface area contributed by atoms with Gasteiger partial charge in [-0.05, 0) is 0 Å². The van der Waals surface area contributed by atoms with E-state index in [1.165, 1.54) is 9.97 Å². The van der Waals surface area contributed by atoms with Gasteiger partial charge in [-0.25, -0.2) is 4.79 Å². The third kappa shape index (κ3) is 0.949. The first-order chi connectivity index (χ1) is 4.61. The number of aromatic nitrogens is 2. The summed E-state index contributed by atoms with van der Waals surface area (Å²) in [5.74, 6) is -3.16. The first-order valence-electron chi connectivity index (χ1n) is 2.29. The molecule has 0 aliphatic carbocycles. The van der Waals surface area contributed by atoms with Gasteiger partial charge < -0.3 is 0 Å². The van der Waals surface area contributed by atoms with Gasteiger partial charge in [0.2, 0.25) is 11.8 Å². The summed E-state index contributed by atoms with van der Waals surface area (Å²) in [6.07, 6.45) is 0. The van der Waals surface area contributed by atoms with Crippen molar-refractivity contribution in [1.82, 2.24) is 9.97 Å². The average molecular weight is 148 g/mol. The summed E-state index contributed by atoms with van der Waals surface area (Å²) in [7, 11) is 0. The van der Waals surface area contributed by atoms with E-state index in [9.17, 15) is 18.4 Å².